The molecule has 0 amide bonds. The van der Waals surface area contributed by atoms with Crippen LogP contribution in [-0.4, -0.2) is 18.4 Å². The molecule has 0 aliphatic carbocycles. The van der Waals surface area contributed by atoms with Crippen molar-refractivity contribution in [1.29, 1.82) is 0 Å². The molecule has 0 aromatic heterocycles. The first kappa shape index (κ1) is 12.8. The molecule has 12 heavy (non-hydrogen) atoms. The average Bonchev–Trinajstić information content (AvgIpc) is 2.04. The third-order valence-electron chi connectivity index (χ3n) is 3.92. The van der Waals surface area contributed by atoms with Gasteiger partial charge < -0.3 is 0 Å². The van der Waals surface area contributed by atoms with Gasteiger partial charge in [0, 0.05) is 0 Å². The quantitative estimate of drug-likeness (QED) is 0.640. The van der Waals surface area contributed by atoms with Gasteiger partial charge in [-0.15, -0.1) is 0 Å². The molecule has 1 atom stereocenters. The molecule has 1 unspecified atom stereocenters. The predicted octanol–water partition coefficient (Wildman–Crippen LogP) is 4.69. The molecule has 0 rings (SSSR count). The van der Waals surface area contributed by atoms with Crippen molar-refractivity contribution in [2.75, 3.05) is 0 Å². The van der Waals surface area contributed by atoms with E-state index in [0.29, 0.717) is 0 Å². The Balaban J connectivity index is 4.33. The van der Waals surface area contributed by atoms with Crippen LogP contribution in [0.4, 0.5) is 0 Å². The molecular formula is C11H26Sn. The SMILES string of the molecule is CC[CH](C)[Sn]([CH3])([CH3])[CH](CC)CC. The van der Waals surface area contributed by atoms with E-state index in [4.69, 9.17) is 0 Å². The van der Waals surface area contributed by atoms with Gasteiger partial charge in [0.2, 0.25) is 0 Å². The summed E-state index contributed by atoms with van der Waals surface area (Å²) in [5.41, 5.74) is 0. The maximum absolute atomic E-state index is 2.64. The average molecular weight is 277 g/mol. The van der Waals surface area contributed by atoms with Crippen molar-refractivity contribution in [2.24, 2.45) is 0 Å². The Morgan fingerprint density at radius 2 is 1.33 bits per heavy atom. The first-order valence-electron chi connectivity index (χ1n) is 5.50. The summed E-state index contributed by atoms with van der Waals surface area (Å²) in [5, 5.41) is 0. The standard InChI is InChI=1S/C5H11.C4H9.2CH3.Sn/c1-3-5-4-2;1-3-4-2;;;/h5H,3-4H2,1-2H3;3H,4H2,1-2H3;2*1H3;. The van der Waals surface area contributed by atoms with E-state index in [0.717, 1.165) is 7.87 Å². The molecule has 1 heteroatoms. The molecule has 0 saturated carbocycles. The number of rotatable bonds is 5. The molecule has 0 aromatic carbocycles. The van der Waals surface area contributed by atoms with Crippen LogP contribution in [0.25, 0.3) is 0 Å². The van der Waals surface area contributed by atoms with Crippen molar-refractivity contribution in [3.8, 4) is 0 Å². The second kappa shape index (κ2) is 5.51. The Morgan fingerprint density at radius 3 is 1.58 bits per heavy atom. The van der Waals surface area contributed by atoms with Gasteiger partial charge in [0.1, 0.15) is 0 Å². The Kier molecular flexibility index (Phi) is 5.88. The van der Waals surface area contributed by atoms with Crippen LogP contribution in [0.2, 0.25) is 17.7 Å². The van der Waals surface area contributed by atoms with Crippen LogP contribution in [0.5, 0.6) is 0 Å². The van der Waals surface area contributed by atoms with Gasteiger partial charge in [-0.3, -0.25) is 0 Å². The fraction of sp³-hybridized carbons (Fsp3) is 1.00. The molecule has 0 heterocycles. The number of hydrogen-bond donors (Lipinski definition) is 0. The molecule has 0 N–H and O–H groups in total. The second-order valence-corrected chi connectivity index (χ2v) is 20.2. The molecule has 0 aromatic rings. The van der Waals surface area contributed by atoms with Crippen molar-refractivity contribution in [2.45, 2.75) is 64.7 Å². The summed E-state index contributed by atoms with van der Waals surface area (Å²) in [7, 11) is 0. The fourth-order valence-corrected chi connectivity index (χ4v) is 13.6. The molecule has 0 saturated heterocycles. The number of hydrogen-bond acceptors (Lipinski definition) is 0. The summed E-state index contributed by atoms with van der Waals surface area (Å²) in [6, 6.07) is 0. The zero-order chi connectivity index (χ0) is 9.78. The zero-order valence-corrected chi connectivity index (χ0v) is 12.6. The van der Waals surface area contributed by atoms with Crippen molar-refractivity contribution < 1.29 is 0 Å². The van der Waals surface area contributed by atoms with Gasteiger partial charge in [-0.1, -0.05) is 0 Å². The van der Waals surface area contributed by atoms with E-state index in [1.54, 1.807) is 0 Å². The molecule has 0 bridgehead atoms. The Morgan fingerprint density at radius 1 is 0.917 bits per heavy atom. The third kappa shape index (κ3) is 2.93. The summed E-state index contributed by atoms with van der Waals surface area (Å²) in [6.07, 6.45) is 4.24. The van der Waals surface area contributed by atoms with Crippen molar-refractivity contribution in [1.82, 2.24) is 0 Å². The second-order valence-electron chi connectivity index (χ2n) is 4.64. The summed E-state index contributed by atoms with van der Waals surface area (Å²) < 4.78 is 2.17. The van der Waals surface area contributed by atoms with Crippen LogP contribution in [0, 0.1) is 0 Å². The van der Waals surface area contributed by atoms with E-state index in [9.17, 15) is 0 Å². The van der Waals surface area contributed by atoms with Crippen LogP contribution in [0.15, 0.2) is 0 Å². The Labute approximate surface area is 83.0 Å². The van der Waals surface area contributed by atoms with Crippen LogP contribution >= 0.6 is 0 Å². The summed E-state index contributed by atoms with van der Waals surface area (Å²) in [4.78, 5) is 5.28. The summed E-state index contributed by atoms with van der Waals surface area (Å²) in [6.45, 7) is 9.57. The Hall–Kier alpha value is 0.799. The van der Waals surface area contributed by atoms with Gasteiger partial charge in [-0.05, 0) is 0 Å². The zero-order valence-electron chi connectivity index (χ0n) is 9.78. The minimum absolute atomic E-state index is 1.06. The molecule has 0 aliphatic heterocycles. The van der Waals surface area contributed by atoms with E-state index < -0.39 is 18.4 Å². The van der Waals surface area contributed by atoms with Crippen LogP contribution in [0.1, 0.15) is 47.0 Å². The monoisotopic (exact) mass is 278 g/mol. The van der Waals surface area contributed by atoms with Crippen LogP contribution < -0.4 is 0 Å². The van der Waals surface area contributed by atoms with Crippen molar-refractivity contribution in [3.63, 3.8) is 0 Å². The first-order valence-corrected chi connectivity index (χ1v) is 14.5. The van der Waals surface area contributed by atoms with Gasteiger partial charge in [-0.25, -0.2) is 0 Å². The van der Waals surface area contributed by atoms with Crippen molar-refractivity contribution in [3.05, 3.63) is 0 Å². The van der Waals surface area contributed by atoms with E-state index in [1.807, 2.05) is 0 Å². The molecular weight excluding hydrogens is 251 g/mol. The van der Waals surface area contributed by atoms with Gasteiger partial charge in [0.15, 0.2) is 0 Å². The summed E-state index contributed by atoms with van der Waals surface area (Å²) >= 11 is -1.68. The van der Waals surface area contributed by atoms with Gasteiger partial charge in [0.25, 0.3) is 0 Å². The normalized spacial score (nSPS) is 15.2. The van der Waals surface area contributed by atoms with E-state index in [1.165, 1.54) is 19.3 Å². The van der Waals surface area contributed by atoms with E-state index in [-0.39, 0.29) is 0 Å². The van der Waals surface area contributed by atoms with Gasteiger partial charge in [0.05, 0.1) is 0 Å². The van der Waals surface area contributed by atoms with Crippen molar-refractivity contribution >= 4 is 18.4 Å². The molecule has 0 spiro atoms. The predicted molar refractivity (Wildman–Crippen MR) is 61.5 cm³/mol. The van der Waals surface area contributed by atoms with E-state index >= 15 is 0 Å². The molecule has 74 valence electrons. The third-order valence-corrected chi connectivity index (χ3v) is 20.7. The topological polar surface area (TPSA) is 0 Å². The minimum atomic E-state index is -1.68. The molecule has 0 fully saturated rings. The van der Waals surface area contributed by atoms with Gasteiger partial charge >= 0.3 is 83.1 Å². The molecule has 0 radical (unpaired) electrons. The molecule has 0 nitrogen and oxygen atoms in total. The van der Waals surface area contributed by atoms with Gasteiger partial charge in [-0.2, -0.15) is 0 Å². The molecule has 0 aliphatic rings. The van der Waals surface area contributed by atoms with E-state index in [2.05, 4.69) is 37.6 Å². The maximum atomic E-state index is 2.64. The van der Waals surface area contributed by atoms with Crippen LogP contribution in [0.3, 0.4) is 0 Å². The van der Waals surface area contributed by atoms with Crippen LogP contribution in [-0.2, 0) is 0 Å². The Bertz CT molecular complexity index is 114. The first-order chi connectivity index (χ1) is 5.50. The fourth-order valence-electron chi connectivity index (χ4n) is 2.27. The summed E-state index contributed by atoms with van der Waals surface area (Å²) in [5.74, 6) is 0.